The Hall–Kier alpha value is -2.76. The van der Waals surface area contributed by atoms with E-state index in [1.54, 1.807) is 25.1 Å². The number of benzene rings is 1. The summed E-state index contributed by atoms with van der Waals surface area (Å²) in [7, 11) is 0. The predicted octanol–water partition coefficient (Wildman–Crippen LogP) is 2.33. The molecule has 1 aromatic carbocycles. The lowest BCUT2D eigenvalue weighted by atomic mass is 10.2. The van der Waals surface area contributed by atoms with Crippen LogP contribution in [0.2, 0.25) is 0 Å². The average molecular weight is 302 g/mol. The molecule has 0 fully saturated rings. The van der Waals surface area contributed by atoms with E-state index in [9.17, 15) is 14.0 Å². The molecule has 2 rings (SSSR count). The summed E-state index contributed by atoms with van der Waals surface area (Å²) < 4.78 is 17.6. The van der Waals surface area contributed by atoms with Crippen LogP contribution in [0, 0.1) is 5.82 Å². The van der Waals surface area contributed by atoms with Gasteiger partial charge in [0.1, 0.15) is 17.2 Å². The van der Waals surface area contributed by atoms with Crippen LogP contribution in [0.3, 0.4) is 0 Å². The second kappa shape index (κ2) is 7.31. The number of pyridine rings is 1. The Kier molecular flexibility index (Phi) is 5.19. The van der Waals surface area contributed by atoms with Gasteiger partial charge in [-0.15, -0.1) is 0 Å². The zero-order valence-corrected chi connectivity index (χ0v) is 12.0. The van der Waals surface area contributed by atoms with Gasteiger partial charge in [0.05, 0.1) is 6.61 Å². The first kappa shape index (κ1) is 15.6. The summed E-state index contributed by atoms with van der Waals surface area (Å²) in [5.74, 6) is -1.33. The highest BCUT2D eigenvalue weighted by atomic mass is 19.1. The monoisotopic (exact) mass is 302 g/mol. The summed E-state index contributed by atoms with van der Waals surface area (Å²) in [4.78, 5) is 27.6. The van der Waals surface area contributed by atoms with E-state index in [-0.39, 0.29) is 30.4 Å². The highest BCUT2D eigenvalue weighted by Crippen LogP contribution is 2.04. The van der Waals surface area contributed by atoms with Gasteiger partial charge in [0, 0.05) is 6.54 Å². The number of esters is 1. The van der Waals surface area contributed by atoms with Gasteiger partial charge in [0.15, 0.2) is 0 Å². The van der Waals surface area contributed by atoms with Gasteiger partial charge in [0.25, 0.3) is 5.91 Å². The molecule has 0 unspecified atom stereocenters. The minimum Gasteiger partial charge on any atom is -0.461 e. The van der Waals surface area contributed by atoms with E-state index in [4.69, 9.17) is 4.74 Å². The smallest absolute Gasteiger partial charge is 0.356 e. The van der Waals surface area contributed by atoms with Crippen molar-refractivity contribution in [1.29, 1.82) is 0 Å². The molecule has 1 heterocycles. The maximum atomic E-state index is 12.8. The number of nitrogens with zero attached hydrogens (tertiary/aromatic N) is 1. The van der Waals surface area contributed by atoms with Crippen molar-refractivity contribution in [3.63, 3.8) is 0 Å². The Morgan fingerprint density at radius 1 is 1.14 bits per heavy atom. The van der Waals surface area contributed by atoms with E-state index in [1.807, 2.05) is 0 Å². The van der Waals surface area contributed by atoms with Gasteiger partial charge < -0.3 is 10.1 Å². The van der Waals surface area contributed by atoms with Crippen molar-refractivity contribution < 1.29 is 18.7 Å². The number of aromatic nitrogens is 1. The van der Waals surface area contributed by atoms with Gasteiger partial charge in [-0.3, -0.25) is 4.79 Å². The van der Waals surface area contributed by atoms with E-state index < -0.39 is 11.9 Å². The molecule has 0 aliphatic rings. The number of nitrogens with one attached hydrogen (secondary N) is 1. The average Bonchev–Trinajstić information content (AvgIpc) is 2.54. The maximum Gasteiger partial charge on any atom is 0.356 e. The van der Waals surface area contributed by atoms with Crippen molar-refractivity contribution in [3.8, 4) is 0 Å². The van der Waals surface area contributed by atoms with Gasteiger partial charge in [-0.05, 0) is 36.8 Å². The van der Waals surface area contributed by atoms with Crippen molar-refractivity contribution in [2.75, 3.05) is 6.61 Å². The number of carbonyl (C=O) groups is 2. The first-order chi connectivity index (χ1) is 10.6. The Morgan fingerprint density at radius 2 is 1.82 bits per heavy atom. The largest absolute Gasteiger partial charge is 0.461 e. The van der Waals surface area contributed by atoms with Crippen molar-refractivity contribution in [2.24, 2.45) is 0 Å². The molecule has 6 heteroatoms. The molecule has 0 aliphatic heterocycles. The Morgan fingerprint density at radius 3 is 2.50 bits per heavy atom. The summed E-state index contributed by atoms with van der Waals surface area (Å²) in [6, 6.07) is 10.3. The molecule has 114 valence electrons. The molecule has 0 radical (unpaired) electrons. The van der Waals surface area contributed by atoms with Crippen LogP contribution in [0.25, 0.3) is 0 Å². The number of halogens is 1. The van der Waals surface area contributed by atoms with Crippen LogP contribution < -0.4 is 5.32 Å². The van der Waals surface area contributed by atoms with Crippen LogP contribution in [0.5, 0.6) is 0 Å². The van der Waals surface area contributed by atoms with E-state index in [0.717, 1.165) is 5.56 Å². The molecule has 0 atom stereocenters. The number of hydrogen-bond acceptors (Lipinski definition) is 4. The van der Waals surface area contributed by atoms with Gasteiger partial charge in [0.2, 0.25) is 0 Å². The zero-order valence-electron chi connectivity index (χ0n) is 12.0. The molecule has 0 saturated carbocycles. The molecule has 0 aliphatic carbocycles. The van der Waals surface area contributed by atoms with Crippen molar-refractivity contribution in [1.82, 2.24) is 10.3 Å². The summed E-state index contributed by atoms with van der Waals surface area (Å²) in [6.45, 7) is 2.17. The van der Waals surface area contributed by atoms with E-state index in [0.29, 0.717) is 0 Å². The second-order valence-corrected chi connectivity index (χ2v) is 4.44. The Labute approximate surface area is 127 Å². The lowest BCUT2D eigenvalue weighted by molar-refractivity contribution is 0.0519. The van der Waals surface area contributed by atoms with Gasteiger partial charge >= 0.3 is 5.97 Å². The van der Waals surface area contributed by atoms with Crippen LogP contribution in [-0.4, -0.2) is 23.5 Å². The standard InChI is InChI=1S/C16H15FN2O3/c1-2-22-16(21)14-5-3-4-13(19-14)15(20)18-10-11-6-8-12(17)9-7-11/h3-9H,2,10H2,1H3,(H,18,20). The summed E-state index contributed by atoms with van der Waals surface area (Å²) >= 11 is 0. The highest BCUT2D eigenvalue weighted by molar-refractivity contribution is 5.94. The minimum atomic E-state index is -0.573. The number of hydrogen-bond donors (Lipinski definition) is 1. The van der Waals surface area contributed by atoms with Crippen molar-refractivity contribution >= 4 is 11.9 Å². The number of rotatable bonds is 5. The molecule has 1 amide bonds. The van der Waals surface area contributed by atoms with Crippen molar-refractivity contribution in [3.05, 3.63) is 65.2 Å². The SMILES string of the molecule is CCOC(=O)c1cccc(C(=O)NCc2ccc(F)cc2)n1. The van der Waals surface area contributed by atoms with Crippen LogP contribution in [0.15, 0.2) is 42.5 Å². The lowest BCUT2D eigenvalue weighted by Crippen LogP contribution is -2.24. The number of carbonyl (C=O) groups excluding carboxylic acids is 2. The molecule has 0 spiro atoms. The Balaban J connectivity index is 2.01. The summed E-state index contributed by atoms with van der Waals surface area (Å²) in [5.41, 5.74) is 0.959. The normalized spacial score (nSPS) is 10.1. The van der Waals surface area contributed by atoms with Crippen LogP contribution >= 0.6 is 0 Å². The minimum absolute atomic E-state index is 0.0799. The molecule has 1 aromatic heterocycles. The second-order valence-electron chi connectivity index (χ2n) is 4.44. The number of amides is 1. The molecule has 5 nitrogen and oxygen atoms in total. The molecule has 0 bridgehead atoms. The molecule has 22 heavy (non-hydrogen) atoms. The summed E-state index contributed by atoms with van der Waals surface area (Å²) in [6.07, 6.45) is 0. The predicted molar refractivity (Wildman–Crippen MR) is 77.8 cm³/mol. The maximum absolute atomic E-state index is 12.8. The lowest BCUT2D eigenvalue weighted by Gasteiger charge is -2.06. The van der Waals surface area contributed by atoms with E-state index >= 15 is 0 Å². The van der Waals surface area contributed by atoms with Crippen LogP contribution in [0.4, 0.5) is 4.39 Å². The molecule has 2 aromatic rings. The van der Waals surface area contributed by atoms with Gasteiger partial charge in [-0.25, -0.2) is 14.2 Å². The quantitative estimate of drug-likeness (QED) is 0.861. The Bertz CT molecular complexity index is 671. The third-order valence-corrected chi connectivity index (χ3v) is 2.83. The number of ether oxygens (including phenoxy) is 1. The van der Waals surface area contributed by atoms with Crippen molar-refractivity contribution in [2.45, 2.75) is 13.5 Å². The van der Waals surface area contributed by atoms with Crippen LogP contribution in [-0.2, 0) is 11.3 Å². The third kappa shape index (κ3) is 4.12. The molecular weight excluding hydrogens is 287 g/mol. The fourth-order valence-electron chi connectivity index (χ4n) is 1.76. The molecule has 0 saturated heterocycles. The summed E-state index contributed by atoms with van der Waals surface area (Å²) in [5, 5.41) is 2.66. The molecule has 1 N–H and O–H groups in total. The van der Waals surface area contributed by atoms with Crippen LogP contribution in [0.1, 0.15) is 33.5 Å². The van der Waals surface area contributed by atoms with E-state index in [2.05, 4.69) is 10.3 Å². The molecular formula is C16H15FN2O3. The zero-order chi connectivity index (χ0) is 15.9. The van der Waals surface area contributed by atoms with Gasteiger partial charge in [-0.2, -0.15) is 0 Å². The van der Waals surface area contributed by atoms with E-state index in [1.165, 1.54) is 24.3 Å². The third-order valence-electron chi connectivity index (χ3n) is 2.83. The topological polar surface area (TPSA) is 68.3 Å². The van der Waals surface area contributed by atoms with Gasteiger partial charge in [-0.1, -0.05) is 18.2 Å². The highest BCUT2D eigenvalue weighted by Gasteiger charge is 2.12. The fourth-order valence-corrected chi connectivity index (χ4v) is 1.76. The first-order valence-electron chi connectivity index (χ1n) is 6.77. The fraction of sp³-hybridized carbons (Fsp3) is 0.188. The first-order valence-corrected chi connectivity index (χ1v) is 6.77.